The standard InChI is InChI=1S/C12H15ClO/c1-4-12(3,11(13)14)10-7-5-6-9(2)8-10/h5-8H,4H2,1-3H3. The molecule has 0 radical (unpaired) electrons. The van der Waals surface area contributed by atoms with E-state index >= 15 is 0 Å². The molecule has 0 bridgehead atoms. The lowest BCUT2D eigenvalue weighted by Gasteiger charge is -2.24. The Balaban J connectivity index is 3.19. The zero-order valence-corrected chi connectivity index (χ0v) is 9.56. The zero-order chi connectivity index (χ0) is 10.8. The molecular weight excluding hydrogens is 196 g/mol. The average molecular weight is 211 g/mol. The largest absolute Gasteiger partial charge is 0.280 e. The van der Waals surface area contributed by atoms with Crippen LogP contribution in [-0.2, 0) is 10.2 Å². The van der Waals surface area contributed by atoms with Crippen molar-refractivity contribution in [1.82, 2.24) is 0 Å². The van der Waals surface area contributed by atoms with E-state index in [-0.39, 0.29) is 5.24 Å². The highest BCUT2D eigenvalue weighted by molar-refractivity contribution is 6.65. The van der Waals surface area contributed by atoms with Gasteiger partial charge < -0.3 is 0 Å². The molecule has 0 fully saturated rings. The molecule has 0 aliphatic rings. The molecule has 1 nitrogen and oxygen atoms in total. The molecule has 0 spiro atoms. The van der Waals surface area contributed by atoms with Crippen molar-refractivity contribution in [3.05, 3.63) is 35.4 Å². The van der Waals surface area contributed by atoms with Crippen LogP contribution in [0, 0.1) is 6.92 Å². The van der Waals surface area contributed by atoms with Gasteiger partial charge in [0.1, 0.15) is 0 Å². The van der Waals surface area contributed by atoms with E-state index in [9.17, 15) is 4.79 Å². The van der Waals surface area contributed by atoms with Crippen molar-refractivity contribution in [2.45, 2.75) is 32.6 Å². The van der Waals surface area contributed by atoms with Gasteiger partial charge in [-0.2, -0.15) is 0 Å². The Labute approximate surface area is 90.1 Å². The lowest BCUT2D eigenvalue weighted by atomic mass is 9.81. The number of carbonyl (C=O) groups is 1. The molecule has 1 rings (SSSR count). The van der Waals surface area contributed by atoms with Gasteiger partial charge in [-0.05, 0) is 37.4 Å². The molecule has 14 heavy (non-hydrogen) atoms. The fourth-order valence-electron chi connectivity index (χ4n) is 1.44. The van der Waals surface area contributed by atoms with Crippen molar-refractivity contribution in [2.75, 3.05) is 0 Å². The maximum Gasteiger partial charge on any atom is 0.231 e. The highest BCUT2D eigenvalue weighted by Gasteiger charge is 2.31. The minimum atomic E-state index is -0.548. The third-order valence-corrected chi connectivity index (χ3v) is 3.21. The minimum Gasteiger partial charge on any atom is -0.280 e. The molecule has 0 heterocycles. The Hall–Kier alpha value is -0.820. The SMILES string of the molecule is CCC(C)(C(=O)Cl)c1cccc(C)c1. The third kappa shape index (κ3) is 1.98. The number of halogens is 1. The molecule has 0 saturated carbocycles. The molecule has 0 N–H and O–H groups in total. The van der Waals surface area contributed by atoms with E-state index in [0.717, 1.165) is 17.5 Å². The van der Waals surface area contributed by atoms with Gasteiger partial charge in [-0.25, -0.2) is 0 Å². The van der Waals surface area contributed by atoms with E-state index in [1.165, 1.54) is 0 Å². The normalized spacial score (nSPS) is 14.9. The third-order valence-electron chi connectivity index (χ3n) is 2.80. The number of carbonyl (C=O) groups excluding carboxylic acids is 1. The molecule has 0 saturated heterocycles. The van der Waals surface area contributed by atoms with E-state index in [1.54, 1.807) is 0 Å². The van der Waals surface area contributed by atoms with Crippen LogP contribution in [0.15, 0.2) is 24.3 Å². The average Bonchev–Trinajstić information content (AvgIpc) is 2.16. The van der Waals surface area contributed by atoms with Gasteiger partial charge in [0.25, 0.3) is 0 Å². The topological polar surface area (TPSA) is 17.1 Å². The van der Waals surface area contributed by atoms with Gasteiger partial charge in [0, 0.05) is 0 Å². The predicted octanol–water partition coefficient (Wildman–Crippen LogP) is 3.43. The summed E-state index contributed by atoms with van der Waals surface area (Å²) in [5.41, 5.74) is 1.60. The number of hydrogen-bond acceptors (Lipinski definition) is 1. The number of hydrogen-bond donors (Lipinski definition) is 0. The smallest absolute Gasteiger partial charge is 0.231 e. The summed E-state index contributed by atoms with van der Waals surface area (Å²) in [6.07, 6.45) is 0.721. The molecule has 0 aromatic heterocycles. The van der Waals surface area contributed by atoms with E-state index in [2.05, 4.69) is 0 Å². The van der Waals surface area contributed by atoms with Crippen molar-refractivity contribution in [1.29, 1.82) is 0 Å². The number of aryl methyl sites for hydroxylation is 1. The van der Waals surface area contributed by atoms with Crippen LogP contribution >= 0.6 is 11.6 Å². The zero-order valence-electron chi connectivity index (χ0n) is 8.80. The van der Waals surface area contributed by atoms with Crippen molar-refractivity contribution in [3.63, 3.8) is 0 Å². The van der Waals surface area contributed by atoms with Crippen molar-refractivity contribution >= 4 is 16.8 Å². The van der Waals surface area contributed by atoms with Crippen molar-refractivity contribution < 1.29 is 4.79 Å². The van der Waals surface area contributed by atoms with E-state index in [1.807, 2.05) is 45.0 Å². The predicted molar refractivity (Wildman–Crippen MR) is 59.7 cm³/mol. The summed E-state index contributed by atoms with van der Waals surface area (Å²) < 4.78 is 0. The Morgan fingerprint density at radius 2 is 2.14 bits per heavy atom. The summed E-state index contributed by atoms with van der Waals surface area (Å²) in [6, 6.07) is 7.94. The molecule has 1 unspecified atom stereocenters. The van der Waals surface area contributed by atoms with Crippen LogP contribution < -0.4 is 0 Å². The van der Waals surface area contributed by atoms with Crippen molar-refractivity contribution in [3.8, 4) is 0 Å². The second-order valence-electron chi connectivity index (χ2n) is 3.83. The fourth-order valence-corrected chi connectivity index (χ4v) is 1.69. The lowest BCUT2D eigenvalue weighted by Crippen LogP contribution is -2.28. The van der Waals surface area contributed by atoms with Crippen molar-refractivity contribution in [2.24, 2.45) is 0 Å². The van der Waals surface area contributed by atoms with Crippen LogP contribution in [0.3, 0.4) is 0 Å². The Morgan fingerprint density at radius 1 is 1.50 bits per heavy atom. The monoisotopic (exact) mass is 210 g/mol. The fraction of sp³-hybridized carbons (Fsp3) is 0.417. The summed E-state index contributed by atoms with van der Waals surface area (Å²) >= 11 is 5.63. The molecule has 0 aliphatic carbocycles. The Kier molecular flexibility index (Phi) is 3.33. The van der Waals surface area contributed by atoms with Gasteiger partial charge in [-0.15, -0.1) is 0 Å². The van der Waals surface area contributed by atoms with Gasteiger partial charge in [0.05, 0.1) is 5.41 Å². The van der Waals surface area contributed by atoms with Gasteiger partial charge in [0.15, 0.2) is 0 Å². The molecule has 0 aliphatic heterocycles. The summed E-state index contributed by atoms with van der Waals surface area (Å²) in [5.74, 6) is 0. The highest BCUT2D eigenvalue weighted by Crippen LogP contribution is 2.30. The Morgan fingerprint density at radius 3 is 2.57 bits per heavy atom. The molecule has 1 atom stereocenters. The minimum absolute atomic E-state index is 0.286. The molecule has 0 amide bonds. The van der Waals surface area contributed by atoms with Gasteiger partial charge in [-0.3, -0.25) is 4.79 Å². The van der Waals surface area contributed by atoms with Crippen LogP contribution in [0.4, 0.5) is 0 Å². The van der Waals surface area contributed by atoms with E-state index in [0.29, 0.717) is 0 Å². The lowest BCUT2D eigenvalue weighted by molar-refractivity contribution is -0.116. The summed E-state index contributed by atoms with van der Waals surface area (Å²) in [4.78, 5) is 11.4. The van der Waals surface area contributed by atoms with Gasteiger partial charge in [0.2, 0.25) is 5.24 Å². The van der Waals surface area contributed by atoms with Gasteiger partial charge >= 0.3 is 0 Å². The van der Waals surface area contributed by atoms with Crippen LogP contribution in [0.5, 0.6) is 0 Å². The number of benzene rings is 1. The maximum atomic E-state index is 11.4. The summed E-state index contributed by atoms with van der Waals surface area (Å²) in [5, 5.41) is -0.286. The first-order valence-electron chi connectivity index (χ1n) is 4.78. The number of rotatable bonds is 3. The summed E-state index contributed by atoms with van der Waals surface area (Å²) in [6.45, 7) is 5.87. The van der Waals surface area contributed by atoms with Crippen LogP contribution in [0.25, 0.3) is 0 Å². The van der Waals surface area contributed by atoms with E-state index < -0.39 is 5.41 Å². The first-order chi connectivity index (χ1) is 6.50. The summed E-state index contributed by atoms with van der Waals surface area (Å²) in [7, 11) is 0. The molecule has 2 heteroatoms. The molecular formula is C12H15ClO. The molecule has 76 valence electrons. The highest BCUT2D eigenvalue weighted by atomic mass is 35.5. The first-order valence-corrected chi connectivity index (χ1v) is 5.15. The maximum absolute atomic E-state index is 11.4. The van der Waals surface area contributed by atoms with Crippen LogP contribution in [0.2, 0.25) is 0 Å². The molecule has 1 aromatic rings. The quantitative estimate of drug-likeness (QED) is 0.699. The Bertz CT molecular complexity index is 346. The van der Waals surface area contributed by atoms with Crippen LogP contribution in [-0.4, -0.2) is 5.24 Å². The molecule has 1 aromatic carbocycles. The van der Waals surface area contributed by atoms with Crippen LogP contribution in [0.1, 0.15) is 31.4 Å². The second kappa shape index (κ2) is 4.14. The van der Waals surface area contributed by atoms with E-state index in [4.69, 9.17) is 11.6 Å². The first kappa shape index (κ1) is 11.3. The van der Waals surface area contributed by atoms with Gasteiger partial charge in [-0.1, -0.05) is 36.8 Å². The second-order valence-corrected chi connectivity index (χ2v) is 4.17.